The Kier molecular flexibility index (Phi) is 27.0. The van der Waals surface area contributed by atoms with E-state index in [0.717, 1.165) is 25.7 Å². The molecule has 0 N–H and O–H groups in total. The lowest BCUT2D eigenvalue weighted by Crippen LogP contribution is -2.05. The molecule has 2 heteroatoms. The SMILES string of the molecule is CCCCCCCCCCCCCCCCCCCCCCCOC(=O)CCCCC. The monoisotopic (exact) mass is 438 g/mol. The Morgan fingerprint density at radius 3 is 1.06 bits per heavy atom. The van der Waals surface area contributed by atoms with Crippen LogP contribution in [0.1, 0.15) is 174 Å². The Morgan fingerprint density at radius 2 is 0.710 bits per heavy atom. The molecular weight excluding hydrogens is 380 g/mol. The van der Waals surface area contributed by atoms with Crippen LogP contribution in [0.4, 0.5) is 0 Å². The number of ether oxygens (including phenoxy) is 1. The van der Waals surface area contributed by atoms with Crippen LogP contribution in [0, 0.1) is 0 Å². The normalized spacial score (nSPS) is 11.2. The van der Waals surface area contributed by atoms with Crippen molar-refractivity contribution in [2.45, 2.75) is 174 Å². The Bertz CT molecular complexity index is 340. The summed E-state index contributed by atoms with van der Waals surface area (Å²) in [5.41, 5.74) is 0. The summed E-state index contributed by atoms with van der Waals surface area (Å²) in [4.78, 5) is 11.5. The lowest BCUT2D eigenvalue weighted by Gasteiger charge is -2.05. The predicted octanol–water partition coefficient (Wildman–Crippen LogP) is 10.3. The van der Waals surface area contributed by atoms with Gasteiger partial charge in [0, 0.05) is 6.42 Å². The van der Waals surface area contributed by atoms with Crippen molar-refractivity contribution in [1.82, 2.24) is 0 Å². The Labute approximate surface area is 196 Å². The predicted molar refractivity (Wildman–Crippen MR) is 138 cm³/mol. The van der Waals surface area contributed by atoms with Gasteiger partial charge >= 0.3 is 5.97 Å². The molecule has 0 bridgehead atoms. The van der Waals surface area contributed by atoms with Crippen molar-refractivity contribution in [3.63, 3.8) is 0 Å². The van der Waals surface area contributed by atoms with E-state index < -0.39 is 0 Å². The highest BCUT2D eigenvalue weighted by molar-refractivity contribution is 5.69. The number of hydrogen-bond acceptors (Lipinski definition) is 2. The minimum Gasteiger partial charge on any atom is -0.466 e. The van der Waals surface area contributed by atoms with Gasteiger partial charge in [0.1, 0.15) is 0 Å². The molecule has 0 spiro atoms. The van der Waals surface area contributed by atoms with Crippen LogP contribution in [0.25, 0.3) is 0 Å². The highest BCUT2D eigenvalue weighted by atomic mass is 16.5. The molecule has 0 atom stereocenters. The third-order valence-electron chi connectivity index (χ3n) is 6.50. The summed E-state index contributed by atoms with van der Waals surface area (Å²) in [7, 11) is 0. The number of carbonyl (C=O) groups excluding carboxylic acids is 1. The lowest BCUT2D eigenvalue weighted by molar-refractivity contribution is -0.143. The van der Waals surface area contributed by atoms with E-state index in [0.29, 0.717) is 13.0 Å². The maximum absolute atomic E-state index is 11.5. The van der Waals surface area contributed by atoms with E-state index in [1.807, 2.05) is 0 Å². The highest BCUT2D eigenvalue weighted by Gasteiger charge is 2.01. The van der Waals surface area contributed by atoms with Crippen molar-refractivity contribution in [3.8, 4) is 0 Å². The van der Waals surface area contributed by atoms with Gasteiger partial charge in [-0.25, -0.2) is 0 Å². The molecule has 0 aromatic rings. The summed E-state index contributed by atoms with van der Waals surface area (Å²) in [5.74, 6) is 0.00150. The van der Waals surface area contributed by atoms with Crippen molar-refractivity contribution in [1.29, 1.82) is 0 Å². The van der Waals surface area contributed by atoms with Crippen LogP contribution < -0.4 is 0 Å². The van der Waals surface area contributed by atoms with Gasteiger partial charge in [-0.05, 0) is 12.8 Å². The average Bonchev–Trinajstić information content (AvgIpc) is 2.77. The van der Waals surface area contributed by atoms with Crippen LogP contribution in [0.2, 0.25) is 0 Å². The van der Waals surface area contributed by atoms with Gasteiger partial charge in [0.2, 0.25) is 0 Å². The second-order valence-electron chi connectivity index (χ2n) is 9.75. The summed E-state index contributed by atoms with van der Waals surface area (Å²) in [6.07, 6.45) is 33.3. The minimum absolute atomic E-state index is 0.00150. The summed E-state index contributed by atoms with van der Waals surface area (Å²) < 4.78 is 5.29. The van der Waals surface area contributed by atoms with E-state index in [1.54, 1.807) is 0 Å². The third-order valence-corrected chi connectivity index (χ3v) is 6.50. The molecular formula is C29H58O2. The summed E-state index contributed by atoms with van der Waals surface area (Å²) in [6, 6.07) is 0. The van der Waals surface area contributed by atoms with Crippen molar-refractivity contribution in [3.05, 3.63) is 0 Å². The van der Waals surface area contributed by atoms with Crippen LogP contribution in [-0.4, -0.2) is 12.6 Å². The van der Waals surface area contributed by atoms with Gasteiger partial charge in [0.25, 0.3) is 0 Å². The molecule has 0 aliphatic carbocycles. The maximum atomic E-state index is 11.5. The van der Waals surface area contributed by atoms with Crippen molar-refractivity contribution >= 4 is 5.97 Å². The first-order chi connectivity index (χ1) is 15.3. The van der Waals surface area contributed by atoms with E-state index in [-0.39, 0.29) is 5.97 Å². The molecule has 0 aromatic heterocycles. The van der Waals surface area contributed by atoms with Crippen LogP contribution in [0.3, 0.4) is 0 Å². The fourth-order valence-electron chi connectivity index (χ4n) is 4.31. The van der Waals surface area contributed by atoms with Gasteiger partial charge < -0.3 is 4.74 Å². The number of esters is 1. The molecule has 0 saturated heterocycles. The molecule has 0 rings (SSSR count). The fraction of sp³-hybridized carbons (Fsp3) is 0.966. The van der Waals surface area contributed by atoms with E-state index in [4.69, 9.17) is 4.74 Å². The molecule has 0 amide bonds. The van der Waals surface area contributed by atoms with Crippen LogP contribution >= 0.6 is 0 Å². The second-order valence-corrected chi connectivity index (χ2v) is 9.75. The van der Waals surface area contributed by atoms with E-state index >= 15 is 0 Å². The molecule has 0 aliphatic rings. The van der Waals surface area contributed by atoms with E-state index in [1.165, 1.54) is 128 Å². The molecule has 0 heterocycles. The van der Waals surface area contributed by atoms with Gasteiger partial charge in [0.15, 0.2) is 0 Å². The molecule has 186 valence electrons. The molecule has 0 unspecified atom stereocenters. The number of carbonyl (C=O) groups is 1. The van der Waals surface area contributed by atoms with Gasteiger partial charge in [-0.15, -0.1) is 0 Å². The van der Waals surface area contributed by atoms with Crippen LogP contribution in [0.5, 0.6) is 0 Å². The number of hydrogen-bond donors (Lipinski definition) is 0. The van der Waals surface area contributed by atoms with Crippen LogP contribution in [0.15, 0.2) is 0 Å². The summed E-state index contributed by atoms with van der Waals surface area (Å²) in [6.45, 7) is 5.08. The average molecular weight is 439 g/mol. The summed E-state index contributed by atoms with van der Waals surface area (Å²) >= 11 is 0. The smallest absolute Gasteiger partial charge is 0.305 e. The molecule has 0 aromatic carbocycles. The zero-order chi connectivity index (χ0) is 22.7. The molecule has 31 heavy (non-hydrogen) atoms. The van der Waals surface area contributed by atoms with Gasteiger partial charge in [-0.2, -0.15) is 0 Å². The number of unbranched alkanes of at least 4 members (excludes halogenated alkanes) is 22. The second kappa shape index (κ2) is 27.5. The van der Waals surface area contributed by atoms with Gasteiger partial charge in [-0.1, -0.05) is 155 Å². The molecule has 0 aliphatic heterocycles. The summed E-state index contributed by atoms with van der Waals surface area (Å²) in [5, 5.41) is 0. The van der Waals surface area contributed by atoms with E-state index in [2.05, 4.69) is 13.8 Å². The van der Waals surface area contributed by atoms with Gasteiger partial charge in [0.05, 0.1) is 6.61 Å². The molecule has 0 saturated carbocycles. The Balaban J connectivity index is 3.06. The van der Waals surface area contributed by atoms with E-state index in [9.17, 15) is 4.79 Å². The first kappa shape index (κ1) is 30.5. The topological polar surface area (TPSA) is 26.3 Å². The molecule has 0 radical (unpaired) electrons. The quantitative estimate of drug-likeness (QED) is 0.0991. The highest BCUT2D eigenvalue weighted by Crippen LogP contribution is 2.15. The number of rotatable bonds is 26. The van der Waals surface area contributed by atoms with Crippen LogP contribution in [-0.2, 0) is 9.53 Å². The molecule has 2 nitrogen and oxygen atoms in total. The first-order valence-electron chi connectivity index (χ1n) is 14.5. The van der Waals surface area contributed by atoms with Crippen molar-refractivity contribution < 1.29 is 9.53 Å². The maximum Gasteiger partial charge on any atom is 0.305 e. The first-order valence-corrected chi connectivity index (χ1v) is 14.5. The Morgan fingerprint density at radius 1 is 0.419 bits per heavy atom. The zero-order valence-electron chi connectivity index (χ0n) is 21.7. The fourth-order valence-corrected chi connectivity index (χ4v) is 4.31. The zero-order valence-corrected chi connectivity index (χ0v) is 21.7. The largest absolute Gasteiger partial charge is 0.466 e. The third kappa shape index (κ3) is 27.4. The Hall–Kier alpha value is -0.530. The van der Waals surface area contributed by atoms with Gasteiger partial charge in [-0.3, -0.25) is 4.79 Å². The molecule has 0 fully saturated rings. The van der Waals surface area contributed by atoms with Crippen molar-refractivity contribution in [2.24, 2.45) is 0 Å². The standard InChI is InChI=1S/C29H58O2/c1-3-5-7-8-9-10-11-12-13-14-15-16-17-18-19-20-21-22-23-24-26-28-31-29(30)27-25-6-4-2/h3-28H2,1-2H3. The van der Waals surface area contributed by atoms with Crippen molar-refractivity contribution in [2.75, 3.05) is 6.61 Å². The lowest BCUT2D eigenvalue weighted by atomic mass is 10.0. The minimum atomic E-state index is 0.00150.